The van der Waals surface area contributed by atoms with Crippen LogP contribution in [0, 0.1) is 0 Å². The van der Waals surface area contributed by atoms with Gasteiger partial charge in [0, 0.05) is 49.5 Å². The number of rotatable bonds is 3. The minimum absolute atomic E-state index is 0.393. The van der Waals surface area contributed by atoms with E-state index in [1.807, 2.05) is 4.68 Å². The van der Waals surface area contributed by atoms with E-state index in [0.29, 0.717) is 11.6 Å². The lowest BCUT2D eigenvalue weighted by Gasteiger charge is -2.52. The number of nitrogens with one attached hydrogen (secondary N) is 1. The van der Waals surface area contributed by atoms with Crippen molar-refractivity contribution < 1.29 is 0 Å². The Morgan fingerprint density at radius 3 is 2.85 bits per heavy atom. The van der Waals surface area contributed by atoms with Crippen LogP contribution in [0.25, 0.3) is 0 Å². The lowest BCUT2D eigenvalue weighted by atomic mass is 9.78. The van der Waals surface area contributed by atoms with Crippen LogP contribution in [0.15, 0.2) is 12.4 Å². The van der Waals surface area contributed by atoms with Crippen LogP contribution >= 0.6 is 0 Å². The molecule has 0 aromatic carbocycles. The first-order valence-electron chi connectivity index (χ1n) is 8.25. The summed E-state index contributed by atoms with van der Waals surface area (Å²) in [5, 5.41) is 8.09. The van der Waals surface area contributed by atoms with Crippen molar-refractivity contribution in [2.24, 2.45) is 0 Å². The van der Waals surface area contributed by atoms with E-state index in [1.54, 1.807) is 0 Å². The highest BCUT2D eigenvalue weighted by Gasteiger charge is 2.42. The van der Waals surface area contributed by atoms with E-state index >= 15 is 0 Å². The molecule has 1 unspecified atom stereocenters. The van der Waals surface area contributed by atoms with Crippen LogP contribution in [-0.2, 0) is 6.54 Å². The molecule has 2 fully saturated rings. The van der Waals surface area contributed by atoms with Crippen molar-refractivity contribution in [3.05, 3.63) is 18.0 Å². The summed E-state index contributed by atoms with van der Waals surface area (Å²) in [7, 11) is 0. The van der Waals surface area contributed by atoms with Crippen LogP contribution < -0.4 is 5.32 Å². The van der Waals surface area contributed by atoms with E-state index < -0.39 is 0 Å². The Morgan fingerprint density at radius 1 is 1.35 bits per heavy atom. The van der Waals surface area contributed by atoms with Gasteiger partial charge in [0.15, 0.2) is 0 Å². The van der Waals surface area contributed by atoms with Crippen LogP contribution in [-0.4, -0.2) is 39.9 Å². The van der Waals surface area contributed by atoms with Crippen molar-refractivity contribution in [3.8, 4) is 0 Å². The van der Waals surface area contributed by atoms with Gasteiger partial charge in [0.2, 0.25) is 0 Å². The Hall–Kier alpha value is -0.870. The summed E-state index contributed by atoms with van der Waals surface area (Å²) in [6.07, 6.45) is 11.2. The van der Waals surface area contributed by atoms with Gasteiger partial charge in [0.25, 0.3) is 0 Å². The maximum absolute atomic E-state index is 4.46. The SMILES string of the molecule is CCn1cc(C(C)N2CCNCC23CCCCC3)cn1. The van der Waals surface area contributed by atoms with Crippen LogP contribution in [0.1, 0.15) is 57.6 Å². The molecule has 20 heavy (non-hydrogen) atoms. The number of hydrogen-bond donors (Lipinski definition) is 1. The monoisotopic (exact) mass is 276 g/mol. The molecule has 1 N–H and O–H groups in total. The largest absolute Gasteiger partial charge is 0.314 e. The fraction of sp³-hybridized carbons (Fsp3) is 0.812. The van der Waals surface area contributed by atoms with Gasteiger partial charge in [0.05, 0.1) is 6.20 Å². The van der Waals surface area contributed by atoms with Gasteiger partial charge in [-0.2, -0.15) is 5.10 Å². The number of piperazine rings is 1. The average molecular weight is 276 g/mol. The third-order valence-electron chi connectivity index (χ3n) is 5.30. The van der Waals surface area contributed by atoms with Crippen molar-refractivity contribution in [1.82, 2.24) is 20.0 Å². The van der Waals surface area contributed by atoms with Crippen molar-refractivity contribution in [2.45, 2.75) is 64.1 Å². The van der Waals surface area contributed by atoms with Crippen LogP contribution in [0.5, 0.6) is 0 Å². The molecule has 1 aliphatic carbocycles. The Labute approximate surface area is 122 Å². The average Bonchev–Trinajstić information content (AvgIpc) is 2.97. The molecule has 1 aliphatic heterocycles. The zero-order valence-electron chi connectivity index (χ0n) is 12.9. The number of hydrogen-bond acceptors (Lipinski definition) is 3. The minimum atomic E-state index is 0.393. The van der Waals surface area contributed by atoms with E-state index in [9.17, 15) is 0 Å². The predicted molar refractivity (Wildman–Crippen MR) is 81.7 cm³/mol. The van der Waals surface area contributed by atoms with E-state index in [2.05, 4.69) is 41.6 Å². The van der Waals surface area contributed by atoms with E-state index in [0.717, 1.165) is 13.1 Å². The molecular weight excluding hydrogens is 248 g/mol. The minimum Gasteiger partial charge on any atom is -0.314 e. The maximum atomic E-state index is 4.46. The Balaban J connectivity index is 1.81. The lowest BCUT2D eigenvalue weighted by Crippen LogP contribution is -2.62. The first-order chi connectivity index (χ1) is 9.75. The maximum Gasteiger partial charge on any atom is 0.0537 e. The smallest absolute Gasteiger partial charge is 0.0537 e. The molecular formula is C16H28N4. The summed E-state index contributed by atoms with van der Waals surface area (Å²) in [6, 6.07) is 0.482. The molecule has 4 heteroatoms. The Bertz CT molecular complexity index is 425. The topological polar surface area (TPSA) is 33.1 Å². The van der Waals surface area contributed by atoms with Gasteiger partial charge in [-0.25, -0.2) is 0 Å². The van der Waals surface area contributed by atoms with Crippen LogP contribution in [0.4, 0.5) is 0 Å². The molecule has 112 valence electrons. The standard InChI is InChI=1S/C16H28N4/c1-3-19-12-15(11-18-19)14(2)20-10-9-17-13-16(20)7-5-4-6-8-16/h11-12,14,17H,3-10,13H2,1-2H3. The molecule has 3 rings (SSSR count). The third kappa shape index (κ3) is 2.51. The quantitative estimate of drug-likeness (QED) is 0.921. The first-order valence-corrected chi connectivity index (χ1v) is 8.25. The summed E-state index contributed by atoms with van der Waals surface area (Å²) in [5.74, 6) is 0. The second-order valence-electron chi connectivity index (χ2n) is 6.46. The molecule has 0 amide bonds. The van der Waals surface area contributed by atoms with Crippen LogP contribution in [0.2, 0.25) is 0 Å². The molecule has 4 nitrogen and oxygen atoms in total. The van der Waals surface area contributed by atoms with Crippen molar-refractivity contribution >= 4 is 0 Å². The van der Waals surface area contributed by atoms with Gasteiger partial charge in [0.1, 0.15) is 0 Å². The van der Waals surface area contributed by atoms with Gasteiger partial charge in [-0.3, -0.25) is 9.58 Å². The van der Waals surface area contributed by atoms with Gasteiger partial charge < -0.3 is 5.32 Å². The zero-order chi connectivity index (χ0) is 14.0. The Kier molecular flexibility index (Phi) is 4.13. The highest BCUT2D eigenvalue weighted by atomic mass is 15.3. The highest BCUT2D eigenvalue weighted by Crippen LogP contribution is 2.39. The molecule has 2 aliphatic rings. The lowest BCUT2D eigenvalue weighted by molar-refractivity contribution is -0.00281. The summed E-state index contributed by atoms with van der Waals surface area (Å²) in [4.78, 5) is 2.76. The number of aryl methyl sites for hydroxylation is 1. The Morgan fingerprint density at radius 2 is 2.15 bits per heavy atom. The molecule has 1 aromatic rings. The zero-order valence-corrected chi connectivity index (χ0v) is 12.9. The van der Waals surface area contributed by atoms with Gasteiger partial charge in [-0.15, -0.1) is 0 Å². The van der Waals surface area contributed by atoms with Crippen molar-refractivity contribution in [1.29, 1.82) is 0 Å². The van der Waals surface area contributed by atoms with Crippen LogP contribution in [0.3, 0.4) is 0 Å². The molecule has 1 aromatic heterocycles. The van der Waals surface area contributed by atoms with Gasteiger partial charge in [-0.05, 0) is 26.7 Å². The van der Waals surface area contributed by atoms with Crippen molar-refractivity contribution in [2.75, 3.05) is 19.6 Å². The summed E-state index contributed by atoms with van der Waals surface area (Å²) >= 11 is 0. The normalized spacial score (nSPS) is 24.9. The number of nitrogens with zero attached hydrogens (tertiary/aromatic N) is 3. The molecule has 1 saturated heterocycles. The predicted octanol–water partition coefficient (Wildman–Crippen LogP) is 2.57. The highest BCUT2D eigenvalue weighted by molar-refractivity contribution is 5.13. The summed E-state index contributed by atoms with van der Waals surface area (Å²) < 4.78 is 2.04. The van der Waals surface area contributed by atoms with Gasteiger partial charge in [-0.1, -0.05) is 19.3 Å². The molecule has 2 heterocycles. The molecule has 1 saturated carbocycles. The van der Waals surface area contributed by atoms with E-state index in [4.69, 9.17) is 0 Å². The molecule has 1 atom stereocenters. The second-order valence-corrected chi connectivity index (χ2v) is 6.46. The molecule has 0 radical (unpaired) electrons. The molecule has 0 bridgehead atoms. The number of aromatic nitrogens is 2. The second kappa shape index (κ2) is 5.86. The first kappa shape index (κ1) is 14.1. The van der Waals surface area contributed by atoms with Gasteiger partial charge >= 0.3 is 0 Å². The summed E-state index contributed by atoms with van der Waals surface area (Å²) in [6.45, 7) is 8.92. The third-order valence-corrected chi connectivity index (χ3v) is 5.30. The summed E-state index contributed by atoms with van der Waals surface area (Å²) in [5.41, 5.74) is 1.77. The van der Waals surface area contributed by atoms with E-state index in [1.165, 1.54) is 50.8 Å². The fourth-order valence-corrected chi connectivity index (χ4v) is 4.09. The van der Waals surface area contributed by atoms with Crippen molar-refractivity contribution in [3.63, 3.8) is 0 Å². The van der Waals surface area contributed by atoms with E-state index in [-0.39, 0.29) is 0 Å². The molecule has 1 spiro atoms. The fourth-order valence-electron chi connectivity index (χ4n) is 4.09.